The molecule has 0 spiro atoms. The second kappa shape index (κ2) is 11.0. The number of thioether (sulfide) groups is 1. The number of nitrogens with two attached hydrogens (primary N) is 1. The monoisotopic (exact) mass is 621 g/mol. The molecular weight excluding hydrogens is 600 g/mol. The molecule has 0 aromatic carbocycles. The summed E-state index contributed by atoms with van der Waals surface area (Å²) in [7, 11) is 1.85. The number of hydrogen-bond donors (Lipinski definition) is 4. The van der Waals surface area contributed by atoms with Gasteiger partial charge >= 0.3 is 17.6 Å². The average molecular weight is 622 g/mol. The number of pyridine rings is 1. The molecule has 0 saturated carbocycles. The van der Waals surface area contributed by atoms with Gasteiger partial charge in [-0.15, -0.1) is 11.8 Å². The number of fused-ring (bicyclic) bond motifs is 2. The van der Waals surface area contributed by atoms with Crippen molar-refractivity contribution in [1.82, 2.24) is 24.8 Å². The lowest BCUT2D eigenvalue weighted by molar-refractivity contribution is -0.664. The van der Waals surface area contributed by atoms with Crippen LogP contribution < -0.4 is 15.6 Å². The number of rotatable bonds is 9. The van der Waals surface area contributed by atoms with Gasteiger partial charge in [0.05, 0.1) is 6.20 Å². The van der Waals surface area contributed by atoms with Crippen LogP contribution in [0.5, 0.6) is 0 Å². The summed E-state index contributed by atoms with van der Waals surface area (Å²) in [6.07, 6.45) is 2.03. The highest BCUT2D eigenvalue weighted by Crippen LogP contribution is 2.40. The smallest absolute Gasteiger partial charge is 0.352 e. The predicted octanol–water partition coefficient (Wildman–Crippen LogP) is 0.186. The van der Waals surface area contributed by atoms with Crippen LogP contribution in [0.15, 0.2) is 41.1 Å². The molecule has 0 aliphatic carbocycles. The first-order valence-corrected chi connectivity index (χ1v) is 14.1. The fourth-order valence-electron chi connectivity index (χ4n) is 4.33. The summed E-state index contributed by atoms with van der Waals surface area (Å²) >= 11 is 8.29. The normalized spacial score (nSPS) is 19.5. The van der Waals surface area contributed by atoms with Crippen molar-refractivity contribution in [2.75, 3.05) is 11.5 Å². The second-order valence-electron chi connectivity index (χ2n) is 9.02. The molecular formula is C23H22ClN8O7S2+. The Morgan fingerprint density at radius 2 is 2.15 bits per heavy atom. The fourth-order valence-corrected chi connectivity index (χ4v) is 6.59. The van der Waals surface area contributed by atoms with Gasteiger partial charge in [-0.05, 0) is 24.0 Å². The van der Waals surface area contributed by atoms with E-state index in [4.69, 9.17) is 27.3 Å². The number of aliphatic carboxylic acids is 2. The zero-order chi connectivity index (χ0) is 29.6. The van der Waals surface area contributed by atoms with E-state index in [1.165, 1.54) is 18.7 Å². The molecule has 214 valence electrons. The SMILES string of the molecule is C[C@H](ON=C(C(=O)N[C@@H]1C(=O)N2C(C(=O)O)=C(C[n+]3cccc4c3ncn4C)CSC12)c1nc(N)sc1Cl)C(=O)O. The Morgan fingerprint density at radius 3 is 2.80 bits per heavy atom. The van der Waals surface area contributed by atoms with Crippen molar-refractivity contribution in [1.29, 1.82) is 0 Å². The van der Waals surface area contributed by atoms with Gasteiger partial charge in [-0.1, -0.05) is 28.1 Å². The Kier molecular flexibility index (Phi) is 7.58. The summed E-state index contributed by atoms with van der Waals surface area (Å²) in [5.74, 6) is -3.91. The molecule has 2 aliphatic rings. The molecule has 2 aliphatic heterocycles. The molecule has 5 N–H and O–H groups in total. The van der Waals surface area contributed by atoms with Gasteiger partial charge in [-0.3, -0.25) is 14.5 Å². The van der Waals surface area contributed by atoms with Crippen molar-refractivity contribution >= 4 is 80.5 Å². The lowest BCUT2D eigenvalue weighted by Crippen LogP contribution is -2.71. The molecule has 1 unspecified atom stereocenters. The Labute approximate surface area is 244 Å². The third-order valence-electron chi connectivity index (χ3n) is 6.34. The maximum atomic E-state index is 13.2. The zero-order valence-electron chi connectivity index (χ0n) is 21.3. The van der Waals surface area contributed by atoms with Gasteiger partial charge in [0, 0.05) is 18.4 Å². The number of imidazole rings is 1. The molecule has 1 saturated heterocycles. The van der Waals surface area contributed by atoms with Gasteiger partial charge in [0.25, 0.3) is 11.8 Å². The van der Waals surface area contributed by atoms with Crippen molar-refractivity contribution in [2.24, 2.45) is 12.2 Å². The highest BCUT2D eigenvalue weighted by atomic mass is 35.5. The van der Waals surface area contributed by atoms with E-state index in [9.17, 15) is 24.3 Å². The number of halogens is 1. The predicted molar refractivity (Wildman–Crippen MR) is 147 cm³/mol. The third kappa shape index (κ3) is 5.18. The van der Waals surface area contributed by atoms with Gasteiger partial charge < -0.3 is 30.7 Å². The van der Waals surface area contributed by atoms with Crippen LogP contribution in [0.2, 0.25) is 4.34 Å². The van der Waals surface area contributed by atoms with Gasteiger partial charge in [0.1, 0.15) is 39.2 Å². The number of carbonyl (C=O) groups excluding carboxylic acids is 2. The molecule has 0 radical (unpaired) electrons. The van der Waals surface area contributed by atoms with E-state index in [0.29, 0.717) is 11.2 Å². The minimum absolute atomic E-state index is 0.00209. The summed E-state index contributed by atoms with van der Waals surface area (Å²) in [6, 6.07) is 2.61. The molecule has 0 bridgehead atoms. The minimum atomic E-state index is -1.40. The molecule has 5 rings (SSSR count). The van der Waals surface area contributed by atoms with Crippen LogP contribution in [-0.4, -0.2) is 82.4 Å². The van der Waals surface area contributed by atoms with E-state index in [2.05, 4.69) is 20.4 Å². The number of nitrogen functional groups attached to an aromatic ring is 1. The number of anilines is 1. The quantitative estimate of drug-likeness (QED) is 0.110. The van der Waals surface area contributed by atoms with Gasteiger partial charge in [-0.25, -0.2) is 19.1 Å². The number of amides is 2. The van der Waals surface area contributed by atoms with Crippen molar-refractivity contribution < 1.29 is 38.8 Å². The third-order valence-corrected chi connectivity index (χ3v) is 8.77. The number of nitrogens with one attached hydrogen (secondary N) is 1. The van der Waals surface area contributed by atoms with Crippen molar-refractivity contribution in [2.45, 2.75) is 31.0 Å². The van der Waals surface area contributed by atoms with E-state index in [0.717, 1.165) is 21.8 Å². The number of aryl methyl sites for hydroxylation is 1. The van der Waals surface area contributed by atoms with E-state index >= 15 is 0 Å². The zero-order valence-corrected chi connectivity index (χ0v) is 23.7. The van der Waals surface area contributed by atoms with E-state index in [1.54, 1.807) is 12.5 Å². The number of carbonyl (C=O) groups is 4. The van der Waals surface area contributed by atoms with Crippen LogP contribution in [0.1, 0.15) is 12.6 Å². The van der Waals surface area contributed by atoms with Crippen LogP contribution in [0.3, 0.4) is 0 Å². The molecule has 3 aromatic heterocycles. The lowest BCUT2D eigenvalue weighted by Gasteiger charge is -2.49. The Morgan fingerprint density at radius 1 is 1.39 bits per heavy atom. The number of thiazole rings is 1. The topological polar surface area (TPSA) is 206 Å². The number of β-lactam (4-membered cyclic amide) rings is 1. The minimum Gasteiger partial charge on any atom is -0.478 e. The van der Waals surface area contributed by atoms with Crippen molar-refractivity contribution in [3.05, 3.63) is 46.0 Å². The summed E-state index contributed by atoms with van der Waals surface area (Å²) in [4.78, 5) is 64.3. The lowest BCUT2D eigenvalue weighted by atomic mass is 10.0. The maximum absolute atomic E-state index is 13.2. The van der Waals surface area contributed by atoms with Gasteiger partial charge in [0.15, 0.2) is 10.8 Å². The molecule has 5 heterocycles. The summed E-state index contributed by atoms with van der Waals surface area (Å²) in [6.45, 7) is 1.39. The first-order valence-electron chi connectivity index (χ1n) is 11.9. The largest absolute Gasteiger partial charge is 0.478 e. The van der Waals surface area contributed by atoms with E-state index in [-0.39, 0.29) is 33.2 Å². The molecule has 3 aromatic rings. The maximum Gasteiger partial charge on any atom is 0.352 e. The first-order chi connectivity index (χ1) is 19.5. The highest BCUT2D eigenvalue weighted by Gasteiger charge is 2.54. The number of oxime groups is 1. The molecule has 18 heteroatoms. The molecule has 1 fully saturated rings. The average Bonchev–Trinajstić information content (AvgIpc) is 3.47. The van der Waals surface area contributed by atoms with Crippen LogP contribution in [0, 0.1) is 0 Å². The number of aromatic nitrogens is 4. The summed E-state index contributed by atoms with van der Waals surface area (Å²) in [5.41, 5.74) is 6.90. The number of carboxylic acids is 2. The van der Waals surface area contributed by atoms with Crippen molar-refractivity contribution in [3.8, 4) is 0 Å². The Hall–Kier alpha value is -4.22. The summed E-state index contributed by atoms with van der Waals surface area (Å²) in [5, 5.41) is 24.6. The standard InChI is InChI=1S/C23H21ClN8O7S2/c1-9(21(35)36)39-29-13(12-16(24)41-23(25)28-12)18(33)27-14-19(34)32-15(22(37)38)10(7-40-20(14)32)6-31-5-3-4-11-17(31)26-8-30(11)2/h3-5,8-9,14,20H,6-7H2,1-2H3,(H4-,25,27,28,33,35,36,37,38)/p+1/t9-,14+,20?/m0/s1. The number of nitrogens with zero attached hydrogens (tertiary/aromatic N) is 6. The molecule has 2 amide bonds. The molecule has 3 atom stereocenters. The van der Waals surface area contributed by atoms with Crippen LogP contribution >= 0.6 is 34.7 Å². The van der Waals surface area contributed by atoms with Crippen LogP contribution in [-0.2, 0) is 37.6 Å². The van der Waals surface area contributed by atoms with Gasteiger partial charge in [-0.2, -0.15) is 0 Å². The number of carboxylic acid groups (broad SMARTS) is 2. The van der Waals surface area contributed by atoms with Gasteiger partial charge in [0.2, 0.25) is 12.4 Å². The summed E-state index contributed by atoms with van der Waals surface area (Å²) < 4.78 is 3.65. The van der Waals surface area contributed by atoms with E-state index < -0.39 is 47.0 Å². The van der Waals surface area contributed by atoms with Crippen LogP contribution in [0.4, 0.5) is 5.13 Å². The second-order valence-corrected chi connectivity index (χ2v) is 11.8. The highest BCUT2D eigenvalue weighted by molar-refractivity contribution is 8.00. The Balaban J connectivity index is 1.39. The Bertz CT molecular complexity index is 1670. The van der Waals surface area contributed by atoms with E-state index in [1.807, 2.05) is 28.3 Å². The first kappa shape index (κ1) is 28.3. The number of hydrogen-bond acceptors (Lipinski definition) is 11. The molecule has 15 nitrogen and oxygen atoms in total. The van der Waals surface area contributed by atoms with Crippen molar-refractivity contribution in [3.63, 3.8) is 0 Å². The molecule has 41 heavy (non-hydrogen) atoms. The van der Waals surface area contributed by atoms with Crippen LogP contribution in [0.25, 0.3) is 11.2 Å². The fraction of sp³-hybridized carbons (Fsp3) is 0.304.